The quantitative estimate of drug-likeness (QED) is 0.609. The van der Waals surface area contributed by atoms with E-state index < -0.39 is 12.8 Å². The van der Waals surface area contributed by atoms with Crippen LogP contribution in [0.4, 0.5) is 19.0 Å². The van der Waals surface area contributed by atoms with Gasteiger partial charge in [0.15, 0.2) is 0 Å². The van der Waals surface area contributed by atoms with Gasteiger partial charge < -0.3 is 15.4 Å². The molecule has 2 fully saturated rings. The van der Waals surface area contributed by atoms with Gasteiger partial charge in [-0.1, -0.05) is 12.6 Å². The second-order valence-corrected chi connectivity index (χ2v) is 9.53. The van der Waals surface area contributed by atoms with Crippen LogP contribution < -0.4 is 5.73 Å². The van der Waals surface area contributed by atoms with Gasteiger partial charge in [-0.05, 0) is 80.1 Å². The molecule has 0 aromatic carbocycles. The van der Waals surface area contributed by atoms with Crippen LogP contribution in [0.25, 0.3) is 5.57 Å². The van der Waals surface area contributed by atoms with Crippen molar-refractivity contribution in [3.05, 3.63) is 60.6 Å². The highest BCUT2D eigenvalue weighted by atomic mass is 19.4. The van der Waals surface area contributed by atoms with Gasteiger partial charge in [0, 0.05) is 45.1 Å². The topological polar surface area (TPSA) is 84.6 Å². The SMILES string of the molecule is C=C(c1ccccn1)C1CCN(C(=O)C2CCN(Cc3ccnc(N)c3)CC2)CC1.COCC(F)(F)F. The van der Waals surface area contributed by atoms with Gasteiger partial charge in [-0.25, -0.2) is 4.98 Å². The van der Waals surface area contributed by atoms with Crippen LogP contribution in [0.3, 0.4) is 0 Å². The number of amides is 1. The fourth-order valence-corrected chi connectivity index (χ4v) is 4.82. The van der Waals surface area contributed by atoms with Gasteiger partial charge in [-0.3, -0.25) is 14.7 Å². The van der Waals surface area contributed by atoms with Gasteiger partial charge in [0.25, 0.3) is 0 Å². The average molecular weight is 520 g/mol. The second-order valence-electron chi connectivity index (χ2n) is 9.53. The first-order chi connectivity index (χ1) is 17.7. The number of anilines is 1. The van der Waals surface area contributed by atoms with Crippen LogP contribution >= 0.6 is 0 Å². The summed E-state index contributed by atoms with van der Waals surface area (Å²) in [4.78, 5) is 26.0. The number of nitrogen functional groups attached to an aromatic ring is 1. The number of rotatable bonds is 6. The number of piperidine rings is 2. The zero-order valence-corrected chi connectivity index (χ0v) is 21.3. The summed E-state index contributed by atoms with van der Waals surface area (Å²) < 4.78 is 36.6. The van der Waals surface area contributed by atoms with Gasteiger partial charge in [0.1, 0.15) is 12.4 Å². The molecule has 202 valence electrons. The molecule has 2 aromatic heterocycles. The molecule has 1 amide bonds. The third-order valence-corrected chi connectivity index (χ3v) is 6.79. The molecule has 0 spiro atoms. The molecule has 10 heteroatoms. The third kappa shape index (κ3) is 9.12. The van der Waals surface area contributed by atoms with Crippen molar-refractivity contribution in [1.29, 1.82) is 0 Å². The van der Waals surface area contributed by atoms with Crippen LogP contribution in [0.2, 0.25) is 0 Å². The molecular weight excluding hydrogens is 483 g/mol. The molecule has 7 nitrogen and oxygen atoms in total. The van der Waals surface area contributed by atoms with E-state index in [1.54, 1.807) is 6.20 Å². The Bertz CT molecular complexity index is 1000. The standard InChI is InChI=1S/C24H31N5O.C3H5F3O/c1-18(22-4-2-3-10-26-22)20-8-14-29(15-9-20)24(30)21-6-12-28(13-7-21)17-19-5-11-27-23(25)16-19;1-7-2-3(4,5)6/h2-5,10-11,16,20-21H,1,6-9,12-15,17H2,(H2,25,27);2H2,1H3. The maximum absolute atomic E-state index is 13.1. The molecule has 4 rings (SSSR count). The Morgan fingerprint density at radius 3 is 2.27 bits per heavy atom. The lowest BCUT2D eigenvalue weighted by molar-refractivity contribution is -0.167. The Morgan fingerprint density at radius 1 is 1.05 bits per heavy atom. The predicted octanol–water partition coefficient (Wildman–Crippen LogP) is 4.42. The monoisotopic (exact) mass is 519 g/mol. The smallest absolute Gasteiger partial charge is 0.384 e. The lowest BCUT2D eigenvalue weighted by Crippen LogP contribution is -2.45. The van der Waals surface area contributed by atoms with Crippen LogP contribution in [0.5, 0.6) is 0 Å². The predicted molar refractivity (Wildman–Crippen MR) is 137 cm³/mol. The number of allylic oxidation sites excluding steroid dienone is 1. The maximum atomic E-state index is 13.1. The summed E-state index contributed by atoms with van der Waals surface area (Å²) >= 11 is 0. The van der Waals surface area contributed by atoms with Crippen molar-refractivity contribution in [2.75, 3.05) is 45.6 Å². The fourth-order valence-electron chi connectivity index (χ4n) is 4.82. The van der Waals surface area contributed by atoms with E-state index in [-0.39, 0.29) is 5.92 Å². The number of carbonyl (C=O) groups is 1. The van der Waals surface area contributed by atoms with Gasteiger partial charge in [0.05, 0.1) is 5.69 Å². The van der Waals surface area contributed by atoms with E-state index in [9.17, 15) is 18.0 Å². The van der Waals surface area contributed by atoms with Crippen LogP contribution in [0.1, 0.15) is 36.9 Å². The van der Waals surface area contributed by atoms with Gasteiger partial charge in [0.2, 0.25) is 5.91 Å². The highest BCUT2D eigenvalue weighted by molar-refractivity contribution is 5.79. The first-order valence-electron chi connectivity index (χ1n) is 12.5. The molecule has 0 saturated carbocycles. The Kier molecular flexibility index (Phi) is 10.5. The number of pyridine rings is 2. The molecule has 2 aromatic rings. The molecule has 2 aliphatic heterocycles. The summed E-state index contributed by atoms with van der Waals surface area (Å²) in [5.74, 6) is 1.47. The Morgan fingerprint density at radius 2 is 1.73 bits per heavy atom. The number of nitrogens with two attached hydrogens (primary N) is 1. The largest absolute Gasteiger partial charge is 0.411 e. The van der Waals surface area contributed by atoms with Gasteiger partial charge in [-0.2, -0.15) is 13.2 Å². The lowest BCUT2D eigenvalue weighted by Gasteiger charge is -2.37. The summed E-state index contributed by atoms with van der Waals surface area (Å²) in [6, 6.07) is 9.89. The van der Waals surface area contributed by atoms with E-state index in [2.05, 4.69) is 31.1 Å². The highest BCUT2D eigenvalue weighted by Crippen LogP contribution is 2.31. The number of carbonyl (C=O) groups excluding carboxylic acids is 1. The Labute approximate surface area is 216 Å². The zero-order chi connectivity index (χ0) is 26.8. The zero-order valence-electron chi connectivity index (χ0n) is 21.3. The minimum Gasteiger partial charge on any atom is -0.384 e. The molecule has 0 atom stereocenters. The van der Waals surface area contributed by atoms with Crippen molar-refractivity contribution in [3.8, 4) is 0 Å². The van der Waals surface area contributed by atoms with Crippen molar-refractivity contribution in [2.24, 2.45) is 11.8 Å². The number of hydrogen-bond donors (Lipinski definition) is 1. The van der Waals surface area contributed by atoms with E-state index >= 15 is 0 Å². The number of hydrogen-bond acceptors (Lipinski definition) is 6. The summed E-state index contributed by atoms with van der Waals surface area (Å²) in [6.07, 6.45) is 3.21. The lowest BCUT2D eigenvalue weighted by atomic mass is 9.87. The van der Waals surface area contributed by atoms with Crippen molar-refractivity contribution < 1.29 is 22.7 Å². The van der Waals surface area contributed by atoms with E-state index in [4.69, 9.17) is 5.73 Å². The Hall–Kier alpha value is -2.98. The molecule has 2 saturated heterocycles. The average Bonchev–Trinajstić information content (AvgIpc) is 2.89. The molecule has 0 aliphatic carbocycles. The number of nitrogens with zero attached hydrogens (tertiary/aromatic N) is 4. The van der Waals surface area contributed by atoms with Gasteiger partial charge in [-0.15, -0.1) is 0 Å². The van der Waals surface area contributed by atoms with Crippen molar-refractivity contribution in [1.82, 2.24) is 19.8 Å². The minimum absolute atomic E-state index is 0.152. The molecule has 37 heavy (non-hydrogen) atoms. The van der Waals surface area contributed by atoms with E-state index in [0.29, 0.717) is 17.6 Å². The Balaban J connectivity index is 0.000000479. The minimum atomic E-state index is -4.17. The number of ether oxygens (including phenoxy) is 1. The van der Waals surface area contributed by atoms with Crippen LogP contribution in [0, 0.1) is 11.8 Å². The van der Waals surface area contributed by atoms with Crippen LogP contribution in [-0.2, 0) is 16.1 Å². The summed E-state index contributed by atoms with van der Waals surface area (Å²) in [7, 11) is 1.01. The fraction of sp³-hybridized carbons (Fsp3) is 0.519. The normalized spacial score (nSPS) is 17.7. The molecule has 2 aliphatic rings. The van der Waals surface area contributed by atoms with E-state index in [1.165, 1.54) is 5.56 Å². The second kappa shape index (κ2) is 13.5. The van der Waals surface area contributed by atoms with E-state index in [1.807, 2.05) is 36.5 Å². The van der Waals surface area contributed by atoms with Crippen LogP contribution in [0.15, 0.2) is 49.3 Å². The molecule has 0 bridgehead atoms. The van der Waals surface area contributed by atoms with Gasteiger partial charge >= 0.3 is 6.18 Å². The van der Waals surface area contributed by atoms with Crippen molar-refractivity contribution >= 4 is 17.3 Å². The first-order valence-corrected chi connectivity index (χ1v) is 12.5. The summed E-state index contributed by atoms with van der Waals surface area (Å²) in [5.41, 5.74) is 9.05. The summed E-state index contributed by atoms with van der Waals surface area (Å²) in [6.45, 7) is 7.53. The first kappa shape index (κ1) is 28.6. The maximum Gasteiger partial charge on any atom is 0.411 e. The molecular formula is C27H36F3N5O2. The third-order valence-electron chi connectivity index (χ3n) is 6.79. The number of aromatic nitrogens is 2. The number of alkyl halides is 3. The summed E-state index contributed by atoms with van der Waals surface area (Å²) in [5, 5.41) is 0. The van der Waals surface area contributed by atoms with E-state index in [0.717, 1.165) is 76.8 Å². The number of methoxy groups -OCH3 is 1. The molecule has 4 heterocycles. The molecule has 0 radical (unpaired) electrons. The molecule has 0 unspecified atom stereocenters. The number of likely N-dealkylation sites (tertiary alicyclic amines) is 2. The van der Waals surface area contributed by atoms with Crippen molar-refractivity contribution in [2.45, 2.75) is 38.4 Å². The highest BCUT2D eigenvalue weighted by Gasteiger charge is 2.31. The molecule has 2 N–H and O–H groups in total. The van der Waals surface area contributed by atoms with Crippen LogP contribution in [-0.4, -0.2) is 71.7 Å². The number of halogens is 3. The van der Waals surface area contributed by atoms with Crippen molar-refractivity contribution in [3.63, 3.8) is 0 Å².